The van der Waals surface area contributed by atoms with Gasteiger partial charge in [-0.25, -0.2) is 8.42 Å². The Morgan fingerprint density at radius 1 is 1.07 bits per heavy atom. The molecule has 0 atom stereocenters. The van der Waals surface area contributed by atoms with Crippen LogP contribution in [0.5, 0.6) is 0 Å². The number of rotatable bonds is 6. The molecular weight excluding hydrogens is 501 g/mol. The maximum Gasteiger partial charge on any atom is 0.255 e. The van der Waals surface area contributed by atoms with Gasteiger partial charge in [-0.1, -0.05) is 12.1 Å². The lowest BCUT2D eigenvalue weighted by Crippen LogP contribution is -2.48. The Morgan fingerprint density at radius 3 is 2.31 bits per heavy atom. The molecule has 1 heterocycles. The van der Waals surface area contributed by atoms with E-state index in [2.05, 4.69) is 32.8 Å². The highest BCUT2D eigenvalue weighted by molar-refractivity contribution is 14.1. The Morgan fingerprint density at radius 2 is 1.72 bits per heavy atom. The van der Waals surface area contributed by atoms with Gasteiger partial charge in [0.15, 0.2) is 0 Å². The average molecular weight is 527 g/mol. The van der Waals surface area contributed by atoms with Crippen molar-refractivity contribution in [3.05, 3.63) is 62.7 Å². The van der Waals surface area contributed by atoms with Crippen molar-refractivity contribution in [1.82, 2.24) is 9.21 Å². The summed E-state index contributed by atoms with van der Waals surface area (Å²) in [6.45, 7) is 6.91. The fraction of sp³-hybridized carbons (Fsp3) is 0.381. The summed E-state index contributed by atoms with van der Waals surface area (Å²) >= 11 is 2.25. The van der Waals surface area contributed by atoms with E-state index in [1.54, 1.807) is 11.2 Å². The van der Waals surface area contributed by atoms with Gasteiger partial charge in [-0.05, 0) is 77.9 Å². The topological polar surface area (TPSA) is 69.7 Å². The van der Waals surface area contributed by atoms with Crippen LogP contribution in [0, 0.1) is 10.5 Å². The minimum Gasteiger partial charge on any atom is -0.322 e. The third-order valence-electron chi connectivity index (χ3n) is 5.15. The van der Waals surface area contributed by atoms with Crippen molar-refractivity contribution in [3.63, 3.8) is 0 Å². The van der Waals surface area contributed by atoms with E-state index in [9.17, 15) is 13.2 Å². The van der Waals surface area contributed by atoms with Crippen LogP contribution in [-0.2, 0) is 16.6 Å². The molecule has 1 aliphatic rings. The van der Waals surface area contributed by atoms with Crippen molar-refractivity contribution < 1.29 is 13.2 Å². The van der Waals surface area contributed by atoms with Crippen LogP contribution in [0.15, 0.2) is 42.5 Å². The van der Waals surface area contributed by atoms with Crippen LogP contribution in [0.25, 0.3) is 0 Å². The molecule has 156 valence electrons. The predicted molar refractivity (Wildman–Crippen MR) is 125 cm³/mol. The summed E-state index contributed by atoms with van der Waals surface area (Å²) in [5.41, 5.74) is 3.58. The lowest BCUT2D eigenvalue weighted by atomic mass is 10.1. The summed E-state index contributed by atoms with van der Waals surface area (Å²) in [5, 5.41) is 2.96. The van der Waals surface area contributed by atoms with E-state index < -0.39 is 10.0 Å². The molecule has 0 aliphatic carbocycles. The summed E-state index contributed by atoms with van der Waals surface area (Å²) in [4.78, 5) is 14.8. The van der Waals surface area contributed by atoms with Crippen LogP contribution in [0.1, 0.15) is 28.4 Å². The smallest absolute Gasteiger partial charge is 0.255 e. The first-order valence-corrected chi connectivity index (χ1v) is 12.3. The molecular formula is C21H26IN3O3S. The quantitative estimate of drug-likeness (QED) is 0.586. The van der Waals surface area contributed by atoms with E-state index in [1.165, 1.54) is 0 Å². The monoisotopic (exact) mass is 527 g/mol. The number of halogens is 1. The van der Waals surface area contributed by atoms with Gasteiger partial charge in [-0.3, -0.25) is 9.69 Å². The van der Waals surface area contributed by atoms with Gasteiger partial charge in [0, 0.05) is 47.5 Å². The van der Waals surface area contributed by atoms with Gasteiger partial charge < -0.3 is 5.32 Å². The first kappa shape index (κ1) is 22.2. The lowest BCUT2D eigenvalue weighted by Gasteiger charge is -2.33. The van der Waals surface area contributed by atoms with Crippen molar-refractivity contribution in [2.75, 3.05) is 37.2 Å². The maximum absolute atomic E-state index is 12.5. The highest BCUT2D eigenvalue weighted by Crippen LogP contribution is 2.19. The van der Waals surface area contributed by atoms with Gasteiger partial charge in [0.2, 0.25) is 10.0 Å². The molecule has 1 N–H and O–H groups in total. The summed E-state index contributed by atoms with van der Waals surface area (Å²) < 4.78 is 26.6. The molecule has 0 bridgehead atoms. The Labute approximate surface area is 186 Å². The van der Waals surface area contributed by atoms with Crippen LogP contribution >= 0.6 is 22.6 Å². The molecule has 0 aromatic heterocycles. The SMILES string of the molecule is CCS(=O)(=O)N1CCN(Cc2ccc(C(=O)Nc3ccc(I)cc3C)cc2)CC1. The second-order valence-electron chi connectivity index (χ2n) is 7.19. The summed E-state index contributed by atoms with van der Waals surface area (Å²) in [6.07, 6.45) is 0. The zero-order valence-electron chi connectivity index (χ0n) is 16.7. The zero-order chi connectivity index (χ0) is 21.0. The van der Waals surface area contributed by atoms with Crippen LogP contribution in [0.4, 0.5) is 5.69 Å². The first-order chi connectivity index (χ1) is 13.8. The summed E-state index contributed by atoms with van der Waals surface area (Å²) in [7, 11) is -3.10. The lowest BCUT2D eigenvalue weighted by molar-refractivity contribution is 0.102. The Balaban J connectivity index is 1.56. The summed E-state index contributed by atoms with van der Waals surface area (Å²) in [6, 6.07) is 13.5. The second-order valence-corrected chi connectivity index (χ2v) is 10.7. The van der Waals surface area contributed by atoms with E-state index in [0.717, 1.165) is 26.9 Å². The number of anilines is 1. The average Bonchev–Trinajstić information content (AvgIpc) is 2.71. The molecule has 2 aromatic carbocycles. The number of carbonyl (C=O) groups excluding carboxylic acids is 1. The standard InChI is InChI=1S/C21H26IN3O3S/c1-3-29(27,28)25-12-10-24(11-13-25)15-17-4-6-18(7-5-17)21(26)23-20-9-8-19(22)14-16(20)2/h4-9,14H,3,10-13,15H2,1-2H3,(H,23,26). The van der Waals surface area contributed by atoms with E-state index in [0.29, 0.717) is 31.7 Å². The molecule has 0 saturated carbocycles. The molecule has 0 radical (unpaired) electrons. The highest BCUT2D eigenvalue weighted by Gasteiger charge is 2.25. The zero-order valence-corrected chi connectivity index (χ0v) is 19.7. The number of aryl methyl sites for hydroxylation is 1. The molecule has 29 heavy (non-hydrogen) atoms. The number of sulfonamides is 1. The Hall–Kier alpha value is -1.49. The highest BCUT2D eigenvalue weighted by atomic mass is 127. The third-order valence-corrected chi connectivity index (χ3v) is 7.70. The third kappa shape index (κ3) is 5.78. The molecule has 0 unspecified atom stereocenters. The molecule has 2 aromatic rings. The fourth-order valence-corrected chi connectivity index (χ4v) is 5.06. The van der Waals surface area contributed by atoms with Crippen LogP contribution in [-0.4, -0.2) is 55.5 Å². The van der Waals surface area contributed by atoms with E-state index in [4.69, 9.17) is 0 Å². The van der Waals surface area contributed by atoms with Gasteiger partial charge in [0.1, 0.15) is 0 Å². The largest absolute Gasteiger partial charge is 0.322 e. The van der Waals surface area contributed by atoms with Crippen molar-refractivity contribution in [2.45, 2.75) is 20.4 Å². The number of amides is 1. The number of hydrogen-bond donors (Lipinski definition) is 1. The van der Waals surface area contributed by atoms with Crippen molar-refractivity contribution in [2.24, 2.45) is 0 Å². The van der Waals surface area contributed by atoms with Crippen molar-refractivity contribution in [3.8, 4) is 0 Å². The van der Waals surface area contributed by atoms with E-state index >= 15 is 0 Å². The number of nitrogens with one attached hydrogen (secondary N) is 1. The Kier molecular flexibility index (Phi) is 7.31. The van der Waals surface area contributed by atoms with Gasteiger partial charge in [-0.15, -0.1) is 0 Å². The van der Waals surface area contributed by atoms with Gasteiger partial charge >= 0.3 is 0 Å². The van der Waals surface area contributed by atoms with Gasteiger partial charge in [0.05, 0.1) is 5.75 Å². The van der Waals surface area contributed by atoms with Gasteiger partial charge in [0.25, 0.3) is 5.91 Å². The van der Waals surface area contributed by atoms with E-state index in [1.807, 2.05) is 49.4 Å². The number of piperazine rings is 1. The number of benzene rings is 2. The van der Waals surface area contributed by atoms with Crippen LogP contribution < -0.4 is 5.32 Å². The molecule has 6 nitrogen and oxygen atoms in total. The van der Waals surface area contributed by atoms with Crippen molar-refractivity contribution in [1.29, 1.82) is 0 Å². The maximum atomic E-state index is 12.5. The number of carbonyl (C=O) groups is 1. The van der Waals surface area contributed by atoms with Crippen LogP contribution in [0.3, 0.4) is 0 Å². The van der Waals surface area contributed by atoms with Crippen LogP contribution in [0.2, 0.25) is 0 Å². The van der Waals surface area contributed by atoms with E-state index in [-0.39, 0.29) is 11.7 Å². The minimum absolute atomic E-state index is 0.126. The number of hydrogen-bond acceptors (Lipinski definition) is 4. The minimum atomic E-state index is -3.10. The molecule has 1 amide bonds. The van der Waals surface area contributed by atoms with Crippen molar-refractivity contribution >= 4 is 44.2 Å². The molecule has 1 saturated heterocycles. The second kappa shape index (κ2) is 9.55. The first-order valence-electron chi connectivity index (χ1n) is 9.65. The predicted octanol–water partition coefficient (Wildman–Crippen LogP) is 3.32. The summed E-state index contributed by atoms with van der Waals surface area (Å²) in [5.74, 6) is 0.0254. The molecule has 8 heteroatoms. The normalized spacial score (nSPS) is 16.0. The molecule has 0 spiro atoms. The fourth-order valence-electron chi connectivity index (χ4n) is 3.33. The number of nitrogens with zero attached hydrogens (tertiary/aromatic N) is 2. The van der Waals surface area contributed by atoms with Gasteiger partial charge in [-0.2, -0.15) is 4.31 Å². The molecule has 1 aliphatic heterocycles. The molecule has 3 rings (SSSR count). The Bertz CT molecular complexity index is 969. The molecule has 1 fully saturated rings.